The molecule has 0 bridgehead atoms. The lowest BCUT2D eigenvalue weighted by atomic mass is 9.67. The number of carbonyl (C=O) groups is 2. The van der Waals surface area contributed by atoms with E-state index < -0.39 is 5.92 Å². The van der Waals surface area contributed by atoms with Gasteiger partial charge in [-0.1, -0.05) is 24.6 Å². The van der Waals surface area contributed by atoms with Crippen molar-refractivity contribution in [3.8, 4) is 5.75 Å². The molecule has 1 aliphatic heterocycles. The number of allylic oxidation sites excluding steroid dienone is 3. The van der Waals surface area contributed by atoms with Gasteiger partial charge >= 0.3 is 5.97 Å². The van der Waals surface area contributed by atoms with E-state index in [0.29, 0.717) is 25.4 Å². The number of aryl methyl sites for hydroxylation is 1. The number of rotatable bonds is 4. The molecule has 0 N–H and O–H groups in total. The highest BCUT2D eigenvalue weighted by Crippen LogP contribution is 2.52. The Labute approximate surface area is 188 Å². The number of benzene rings is 1. The molecule has 3 atom stereocenters. The molecule has 2 aromatic rings. The highest BCUT2D eigenvalue weighted by molar-refractivity contribution is 6.15. The van der Waals surface area contributed by atoms with Crippen LogP contribution in [0.1, 0.15) is 55.3 Å². The van der Waals surface area contributed by atoms with Crippen LogP contribution in [0.4, 0.5) is 0 Å². The van der Waals surface area contributed by atoms with Gasteiger partial charge in [0.2, 0.25) is 0 Å². The fraction of sp³-hybridized carbons (Fsp3) is 0.407. The van der Waals surface area contributed by atoms with Crippen LogP contribution in [0.25, 0.3) is 6.08 Å². The van der Waals surface area contributed by atoms with Crippen molar-refractivity contribution in [2.45, 2.75) is 46.0 Å². The molecule has 0 saturated heterocycles. The van der Waals surface area contributed by atoms with Gasteiger partial charge in [0.05, 0.1) is 19.1 Å². The molecule has 1 aromatic heterocycles. The van der Waals surface area contributed by atoms with Crippen molar-refractivity contribution in [3.63, 3.8) is 0 Å². The van der Waals surface area contributed by atoms with Crippen molar-refractivity contribution >= 4 is 17.8 Å². The Bertz CT molecular complexity index is 1150. The predicted molar refractivity (Wildman–Crippen MR) is 120 cm³/mol. The predicted octanol–water partition coefficient (Wildman–Crippen LogP) is 5.18. The van der Waals surface area contributed by atoms with E-state index in [4.69, 9.17) is 13.9 Å². The van der Waals surface area contributed by atoms with Crippen LogP contribution in [-0.4, -0.2) is 25.0 Å². The van der Waals surface area contributed by atoms with Crippen molar-refractivity contribution in [1.82, 2.24) is 0 Å². The molecule has 2 heterocycles. The van der Waals surface area contributed by atoms with Crippen LogP contribution >= 0.6 is 0 Å². The molecule has 0 fully saturated rings. The molecule has 32 heavy (non-hydrogen) atoms. The third kappa shape index (κ3) is 3.50. The summed E-state index contributed by atoms with van der Waals surface area (Å²) >= 11 is 0. The average molecular weight is 433 g/mol. The standard InChI is InChI=1S/C27H28O5/c1-4-30-27(29)23-15(2)11-19-12-20(13-21-8-5-16(3)32-21)26(28)25(19)24(23)18-7-6-17-9-10-31-22(17)14-18/h5-8,13-15,23-24H,4,9-12H2,1-3H3. The number of furan rings is 1. The van der Waals surface area contributed by atoms with E-state index in [-0.39, 0.29) is 23.6 Å². The molecule has 5 nitrogen and oxygen atoms in total. The lowest BCUT2D eigenvalue weighted by Gasteiger charge is -2.36. The summed E-state index contributed by atoms with van der Waals surface area (Å²) in [5.41, 5.74) is 4.73. The van der Waals surface area contributed by atoms with Crippen LogP contribution in [0.5, 0.6) is 5.75 Å². The van der Waals surface area contributed by atoms with E-state index in [1.165, 1.54) is 5.56 Å². The molecule has 3 unspecified atom stereocenters. The largest absolute Gasteiger partial charge is 0.493 e. The summed E-state index contributed by atoms with van der Waals surface area (Å²) in [5.74, 6) is 1.48. The van der Waals surface area contributed by atoms with E-state index in [2.05, 4.69) is 19.1 Å². The Kier molecular flexibility index (Phi) is 5.28. The normalized spacial score (nSPS) is 25.7. The smallest absolute Gasteiger partial charge is 0.310 e. The van der Waals surface area contributed by atoms with Gasteiger partial charge in [-0.25, -0.2) is 0 Å². The van der Waals surface area contributed by atoms with Crippen LogP contribution < -0.4 is 4.74 Å². The Hall–Kier alpha value is -3.08. The number of hydrogen-bond donors (Lipinski definition) is 0. The molecule has 166 valence electrons. The minimum atomic E-state index is -0.401. The molecule has 5 rings (SSSR count). The van der Waals surface area contributed by atoms with E-state index >= 15 is 0 Å². The summed E-state index contributed by atoms with van der Waals surface area (Å²) in [6.07, 6.45) is 4.06. The zero-order valence-electron chi connectivity index (χ0n) is 18.8. The van der Waals surface area contributed by atoms with E-state index in [1.54, 1.807) is 0 Å². The van der Waals surface area contributed by atoms with Crippen LogP contribution in [-0.2, 0) is 20.7 Å². The molecule has 0 spiro atoms. The Morgan fingerprint density at radius 2 is 2.09 bits per heavy atom. The van der Waals surface area contributed by atoms with Crippen LogP contribution in [0.2, 0.25) is 0 Å². The molecular formula is C27H28O5. The molecule has 0 amide bonds. The first-order valence-corrected chi connectivity index (χ1v) is 11.4. The quantitative estimate of drug-likeness (QED) is 0.492. The fourth-order valence-electron chi connectivity index (χ4n) is 5.48. The Balaban J connectivity index is 1.59. The number of esters is 1. The maximum atomic E-state index is 13.6. The van der Waals surface area contributed by atoms with Gasteiger partial charge in [-0.3, -0.25) is 9.59 Å². The fourth-order valence-corrected chi connectivity index (χ4v) is 5.48. The van der Waals surface area contributed by atoms with Crippen molar-refractivity contribution < 1.29 is 23.5 Å². The maximum Gasteiger partial charge on any atom is 0.310 e. The summed E-state index contributed by atoms with van der Waals surface area (Å²) in [5, 5.41) is 0. The number of Topliss-reactive ketones (excluding diaryl/α,β-unsaturated/α-hetero) is 1. The third-order valence-electron chi connectivity index (χ3n) is 6.89. The van der Waals surface area contributed by atoms with Crippen molar-refractivity contribution in [2.24, 2.45) is 11.8 Å². The van der Waals surface area contributed by atoms with Gasteiger partial charge < -0.3 is 13.9 Å². The minimum Gasteiger partial charge on any atom is -0.493 e. The van der Waals surface area contributed by atoms with Crippen molar-refractivity contribution in [2.75, 3.05) is 13.2 Å². The molecule has 2 aliphatic carbocycles. The maximum absolute atomic E-state index is 13.6. The van der Waals surface area contributed by atoms with Gasteiger partial charge in [-0.05, 0) is 68.0 Å². The molecule has 3 aliphatic rings. The molecule has 0 radical (unpaired) electrons. The van der Waals surface area contributed by atoms with Gasteiger partial charge in [0.15, 0.2) is 5.78 Å². The number of hydrogen-bond acceptors (Lipinski definition) is 5. The lowest BCUT2D eigenvalue weighted by molar-refractivity contribution is -0.150. The van der Waals surface area contributed by atoms with Gasteiger partial charge in [-0.15, -0.1) is 0 Å². The second kappa shape index (κ2) is 8.12. The summed E-state index contributed by atoms with van der Waals surface area (Å²) in [6.45, 7) is 6.79. The first-order valence-electron chi connectivity index (χ1n) is 11.4. The van der Waals surface area contributed by atoms with E-state index in [0.717, 1.165) is 46.6 Å². The average Bonchev–Trinajstić information content (AvgIpc) is 3.46. The second-order valence-electron chi connectivity index (χ2n) is 9.04. The number of fused-ring (bicyclic) bond motifs is 1. The topological polar surface area (TPSA) is 65.7 Å². The highest BCUT2D eigenvalue weighted by atomic mass is 16.5. The number of ketones is 1. The van der Waals surface area contributed by atoms with E-state index in [1.807, 2.05) is 38.1 Å². The number of ether oxygens (including phenoxy) is 2. The first kappa shape index (κ1) is 20.8. The van der Waals surface area contributed by atoms with Crippen molar-refractivity contribution in [1.29, 1.82) is 0 Å². The third-order valence-corrected chi connectivity index (χ3v) is 6.89. The zero-order valence-corrected chi connectivity index (χ0v) is 18.8. The van der Waals surface area contributed by atoms with Gasteiger partial charge in [0.1, 0.15) is 17.3 Å². The SMILES string of the molecule is CCOC(=O)C1C(C)CC2=C(C(=O)C(=Cc3ccc(C)o3)C2)C1c1ccc2c(c1)OCC2. The monoisotopic (exact) mass is 432 g/mol. The van der Waals surface area contributed by atoms with Crippen LogP contribution in [0.3, 0.4) is 0 Å². The first-order chi connectivity index (χ1) is 15.5. The van der Waals surface area contributed by atoms with Gasteiger partial charge in [0.25, 0.3) is 0 Å². The molecule has 5 heteroatoms. The summed E-state index contributed by atoms with van der Waals surface area (Å²) in [7, 11) is 0. The van der Waals surface area contributed by atoms with Crippen LogP contribution in [0.15, 0.2) is 51.5 Å². The zero-order chi connectivity index (χ0) is 22.4. The molecule has 1 aromatic carbocycles. The summed E-state index contributed by atoms with van der Waals surface area (Å²) in [4.78, 5) is 26.7. The number of carbonyl (C=O) groups excluding carboxylic acids is 2. The van der Waals surface area contributed by atoms with Crippen molar-refractivity contribution in [3.05, 3.63) is 69.7 Å². The lowest BCUT2D eigenvalue weighted by Crippen LogP contribution is -2.35. The molecular weight excluding hydrogens is 404 g/mol. The minimum absolute atomic E-state index is 0.0154. The van der Waals surface area contributed by atoms with Crippen LogP contribution in [0, 0.1) is 18.8 Å². The highest BCUT2D eigenvalue weighted by Gasteiger charge is 2.47. The molecule has 0 saturated carbocycles. The Morgan fingerprint density at radius 1 is 1.25 bits per heavy atom. The second-order valence-corrected chi connectivity index (χ2v) is 9.04. The van der Waals surface area contributed by atoms with E-state index in [9.17, 15) is 9.59 Å². The Morgan fingerprint density at radius 3 is 2.84 bits per heavy atom. The summed E-state index contributed by atoms with van der Waals surface area (Å²) < 4.78 is 17.0. The van der Waals surface area contributed by atoms with Gasteiger partial charge in [-0.2, -0.15) is 0 Å². The summed E-state index contributed by atoms with van der Waals surface area (Å²) in [6, 6.07) is 9.92. The van der Waals surface area contributed by atoms with Gasteiger partial charge in [0, 0.05) is 23.5 Å².